The Labute approximate surface area is 101 Å². The summed E-state index contributed by atoms with van der Waals surface area (Å²) in [6.45, 7) is 1.78. The summed E-state index contributed by atoms with van der Waals surface area (Å²) in [6.07, 6.45) is -5.57. The quantitative estimate of drug-likeness (QED) is 0.840. The number of hydrogen-bond donors (Lipinski definition) is 1. The molecule has 1 aromatic carbocycles. The molecule has 0 radical (unpaired) electrons. The second-order valence-electron chi connectivity index (χ2n) is 3.88. The number of anilines is 1. The summed E-state index contributed by atoms with van der Waals surface area (Å²) in [4.78, 5) is 3.71. The van der Waals surface area contributed by atoms with Gasteiger partial charge in [-0.25, -0.2) is 0 Å². The minimum atomic E-state index is -4.36. The number of alkyl halides is 3. The van der Waals surface area contributed by atoms with E-state index in [1.165, 1.54) is 0 Å². The lowest BCUT2D eigenvalue weighted by Crippen LogP contribution is -2.12. The number of aromatic nitrogens is 2. The molecule has 0 spiro atoms. The average molecular weight is 257 g/mol. The third-order valence-electron chi connectivity index (χ3n) is 2.32. The zero-order valence-electron chi connectivity index (χ0n) is 9.45. The monoisotopic (exact) mass is 257 g/mol. The van der Waals surface area contributed by atoms with Crippen molar-refractivity contribution in [2.45, 2.75) is 19.5 Å². The van der Waals surface area contributed by atoms with Gasteiger partial charge in [0.25, 0.3) is 5.89 Å². The number of hydrogen-bond acceptors (Lipinski definition) is 4. The number of halogens is 3. The van der Waals surface area contributed by atoms with Gasteiger partial charge in [-0.1, -0.05) is 11.2 Å². The molecule has 18 heavy (non-hydrogen) atoms. The van der Waals surface area contributed by atoms with Gasteiger partial charge >= 0.3 is 6.18 Å². The first-order chi connectivity index (χ1) is 8.35. The largest absolute Gasteiger partial charge is 0.399 e. The average Bonchev–Trinajstić information content (AvgIpc) is 2.67. The molecule has 0 aliphatic rings. The molecule has 4 nitrogen and oxygen atoms in total. The molecule has 2 aromatic rings. The standard InChI is InChI=1S/C11H10F3N3O/c1-6-2-3-7(15)4-8(6)10-16-9(17-18-10)5-11(12,13)14/h2-4H,5,15H2,1H3. The van der Waals surface area contributed by atoms with Crippen LogP contribution in [0.15, 0.2) is 22.7 Å². The fourth-order valence-electron chi connectivity index (χ4n) is 1.48. The Hall–Kier alpha value is -2.05. The van der Waals surface area contributed by atoms with Crippen LogP contribution in [0.5, 0.6) is 0 Å². The van der Waals surface area contributed by atoms with E-state index in [9.17, 15) is 13.2 Å². The van der Waals surface area contributed by atoms with Gasteiger partial charge in [0.1, 0.15) is 6.42 Å². The van der Waals surface area contributed by atoms with E-state index in [1.54, 1.807) is 25.1 Å². The summed E-state index contributed by atoms with van der Waals surface area (Å²) in [5.74, 6) is -0.349. The van der Waals surface area contributed by atoms with Crippen LogP contribution in [0.1, 0.15) is 11.4 Å². The highest BCUT2D eigenvalue weighted by molar-refractivity contribution is 5.63. The van der Waals surface area contributed by atoms with Gasteiger partial charge in [0, 0.05) is 11.3 Å². The van der Waals surface area contributed by atoms with E-state index in [2.05, 4.69) is 10.1 Å². The van der Waals surface area contributed by atoms with Crippen molar-refractivity contribution >= 4 is 5.69 Å². The number of nitrogen functional groups attached to an aromatic ring is 1. The van der Waals surface area contributed by atoms with Crippen LogP contribution in [0.3, 0.4) is 0 Å². The molecule has 0 unspecified atom stereocenters. The summed E-state index contributed by atoms with van der Waals surface area (Å²) >= 11 is 0. The molecular formula is C11H10F3N3O. The van der Waals surface area contributed by atoms with Crippen LogP contribution < -0.4 is 5.73 Å². The van der Waals surface area contributed by atoms with Gasteiger partial charge in [-0.05, 0) is 24.6 Å². The number of aryl methyl sites for hydroxylation is 1. The van der Waals surface area contributed by atoms with Crippen LogP contribution >= 0.6 is 0 Å². The van der Waals surface area contributed by atoms with Gasteiger partial charge in [0.15, 0.2) is 5.82 Å². The summed E-state index contributed by atoms with van der Waals surface area (Å²) in [6, 6.07) is 5.00. The Morgan fingerprint density at radius 3 is 2.72 bits per heavy atom. The lowest BCUT2D eigenvalue weighted by Gasteiger charge is -2.01. The first-order valence-electron chi connectivity index (χ1n) is 5.11. The van der Waals surface area contributed by atoms with Crippen molar-refractivity contribution in [3.8, 4) is 11.5 Å². The Balaban J connectivity index is 2.32. The van der Waals surface area contributed by atoms with Gasteiger partial charge in [-0.3, -0.25) is 0 Å². The molecule has 0 amide bonds. The molecule has 0 fully saturated rings. The normalized spacial score (nSPS) is 11.8. The molecule has 1 heterocycles. The van der Waals surface area contributed by atoms with E-state index in [1.807, 2.05) is 0 Å². The van der Waals surface area contributed by atoms with Crippen molar-refractivity contribution in [1.29, 1.82) is 0 Å². The van der Waals surface area contributed by atoms with Crippen LogP contribution in [-0.4, -0.2) is 16.3 Å². The predicted molar refractivity (Wildman–Crippen MR) is 58.6 cm³/mol. The van der Waals surface area contributed by atoms with Crippen LogP contribution in [0.25, 0.3) is 11.5 Å². The molecular weight excluding hydrogens is 247 g/mol. The van der Waals surface area contributed by atoms with Crippen molar-refractivity contribution in [2.24, 2.45) is 0 Å². The van der Waals surface area contributed by atoms with Gasteiger partial charge in [-0.15, -0.1) is 0 Å². The number of nitrogens with two attached hydrogens (primary N) is 1. The van der Waals surface area contributed by atoms with Gasteiger partial charge in [-0.2, -0.15) is 18.2 Å². The molecule has 2 rings (SSSR count). The second-order valence-corrected chi connectivity index (χ2v) is 3.88. The van der Waals surface area contributed by atoms with Gasteiger partial charge in [0.05, 0.1) is 0 Å². The molecule has 0 bridgehead atoms. The Morgan fingerprint density at radius 1 is 1.33 bits per heavy atom. The molecule has 7 heteroatoms. The van der Waals surface area contributed by atoms with E-state index in [4.69, 9.17) is 10.3 Å². The lowest BCUT2D eigenvalue weighted by atomic mass is 10.1. The first kappa shape index (κ1) is 12.4. The second kappa shape index (κ2) is 4.32. The van der Waals surface area contributed by atoms with E-state index in [0.29, 0.717) is 11.3 Å². The van der Waals surface area contributed by atoms with Crippen molar-refractivity contribution in [1.82, 2.24) is 10.1 Å². The zero-order chi connectivity index (χ0) is 13.3. The van der Waals surface area contributed by atoms with Crippen molar-refractivity contribution in [2.75, 3.05) is 5.73 Å². The van der Waals surface area contributed by atoms with Crippen molar-refractivity contribution < 1.29 is 17.7 Å². The van der Waals surface area contributed by atoms with Crippen molar-refractivity contribution in [3.05, 3.63) is 29.6 Å². The minimum Gasteiger partial charge on any atom is -0.399 e. The summed E-state index contributed by atoms with van der Waals surface area (Å²) in [5.41, 5.74) is 7.42. The van der Waals surface area contributed by atoms with Crippen LogP contribution in [0, 0.1) is 6.92 Å². The highest BCUT2D eigenvalue weighted by Crippen LogP contribution is 2.26. The lowest BCUT2D eigenvalue weighted by molar-refractivity contribution is -0.128. The summed E-state index contributed by atoms with van der Waals surface area (Å²) in [7, 11) is 0. The van der Waals surface area contributed by atoms with Gasteiger partial charge < -0.3 is 10.3 Å². The first-order valence-corrected chi connectivity index (χ1v) is 5.11. The smallest absolute Gasteiger partial charge is 0.396 e. The molecule has 1 aromatic heterocycles. The van der Waals surface area contributed by atoms with Crippen LogP contribution in [0.4, 0.5) is 18.9 Å². The maximum absolute atomic E-state index is 12.2. The van der Waals surface area contributed by atoms with Crippen LogP contribution in [-0.2, 0) is 6.42 Å². The fourth-order valence-corrected chi connectivity index (χ4v) is 1.48. The molecule has 2 N–H and O–H groups in total. The number of benzene rings is 1. The SMILES string of the molecule is Cc1ccc(N)cc1-c1nc(CC(F)(F)F)no1. The topological polar surface area (TPSA) is 64.9 Å². The predicted octanol–water partition coefficient (Wildman–Crippen LogP) is 2.73. The highest BCUT2D eigenvalue weighted by Gasteiger charge is 2.30. The Morgan fingerprint density at radius 2 is 2.06 bits per heavy atom. The molecule has 0 saturated carbocycles. The van der Waals surface area contributed by atoms with E-state index in [-0.39, 0.29) is 11.7 Å². The fraction of sp³-hybridized carbons (Fsp3) is 0.273. The third-order valence-corrected chi connectivity index (χ3v) is 2.32. The summed E-state index contributed by atoms with van der Waals surface area (Å²) < 4.78 is 41.3. The molecule has 96 valence electrons. The van der Waals surface area contributed by atoms with E-state index < -0.39 is 12.6 Å². The molecule has 0 aliphatic carbocycles. The summed E-state index contributed by atoms with van der Waals surface area (Å²) in [5, 5.41) is 3.30. The molecule has 0 atom stereocenters. The zero-order valence-corrected chi connectivity index (χ0v) is 9.45. The Kier molecular flexibility index (Phi) is 2.98. The highest BCUT2D eigenvalue weighted by atomic mass is 19.4. The van der Waals surface area contributed by atoms with E-state index >= 15 is 0 Å². The Bertz CT molecular complexity index is 563. The third kappa shape index (κ3) is 2.79. The molecule has 0 aliphatic heterocycles. The minimum absolute atomic E-state index is 0.0408. The van der Waals surface area contributed by atoms with Crippen molar-refractivity contribution in [3.63, 3.8) is 0 Å². The van der Waals surface area contributed by atoms with Crippen LogP contribution in [0.2, 0.25) is 0 Å². The number of rotatable bonds is 2. The van der Waals surface area contributed by atoms with E-state index in [0.717, 1.165) is 5.56 Å². The number of nitrogens with zero attached hydrogens (tertiary/aromatic N) is 2. The molecule has 0 saturated heterocycles. The maximum atomic E-state index is 12.2. The maximum Gasteiger partial charge on any atom is 0.396 e. The van der Waals surface area contributed by atoms with Gasteiger partial charge in [0.2, 0.25) is 0 Å².